The number of hydrogen-bond donors (Lipinski definition) is 0. The zero-order valence-corrected chi connectivity index (χ0v) is 4.82. The number of alkyl halides is 1. The minimum absolute atomic E-state index is 0.00926. The molecular formula is C6H8FN. The fourth-order valence-electron chi connectivity index (χ4n) is 1.06. The maximum absolute atomic E-state index is 12.5. The predicted molar refractivity (Wildman–Crippen MR) is 27.8 cm³/mol. The van der Waals surface area contributed by atoms with Gasteiger partial charge in [-0.25, -0.2) is 4.39 Å². The Balaban J connectivity index is 2.34. The molecule has 0 amide bonds. The Bertz CT molecular complexity index is 126. The van der Waals surface area contributed by atoms with Crippen LogP contribution in [0.4, 0.5) is 4.39 Å². The minimum Gasteiger partial charge on any atom is -0.244 e. The normalized spacial score (nSPS) is 44.9. The van der Waals surface area contributed by atoms with Crippen molar-refractivity contribution in [3.05, 3.63) is 0 Å². The van der Waals surface area contributed by atoms with Gasteiger partial charge < -0.3 is 0 Å². The fraction of sp³-hybridized carbons (Fsp3) is 0.833. The molecule has 1 nitrogen and oxygen atoms in total. The lowest BCUT2D eigenvalue weighted by atomic mass is 9.74. The van der Waals surface area contributed by atoms with Crippen molar-refractivity contribution < 1.29 is 4.39 Å². The first-order valence-corrected chi connectivity index (χ1v) is 2.72. The second-order valence-electron chi connectivity index (χ2n) is 2.65. The Morgan fingerprint density at radius 2 is 2.25 bits per heavy atom. The second-order valence-corrected chi connectivity index (χ2v) is 2.65. The van der Waals surface area contributed by atoms with Gasteiger partial charge in [-0.2, -0.15) is 5.26 Å². The van der Waals surface area contributed by atoms with Crippen LogP contribution in [0.2, 0.25) is 0 Å². The van der Waals surface area contributed by atoms with Crippen molar-refractivity contribution >= 4 is 0 Å². The van der Waals surface area contributed by atoms with E-state index in [1.54, 1.807) is 6.92 Å². The van der Waals surface area contributed by atoms with E-state index in [1.165, 1.54) is 0 Å². The van der Waals surface area contributed by atoms with Gasteiger partial charge in [0.2, 0.25) is 0 Å². The van der Waals surface area contributed by atoms with Gasteiger partial charge in [-0.1, -0.05) is 0 Å². The van der Waals surface area contributed by atoms with Crippen LogP contribution in [0.5, 0.6) is 0 Å². The molecule has 0 aliphatic heterocycles. The average molecular weight is 113 g/mol. The fourth-order valence-corrected chi connectivity index (χ4v) is 1.06. The van der Waals surface area contributed by atoms with E-state index in [2.05, 4.69) is 0 Å². The zero-order chi connectivity index (χ0) is 6.20. The third-order valence-corrected chi connectivity index (χ3v) is 1.53. The number of rotatable bonds is 0. The van der Waals surface area contributed by atoms with Crippen LogP contribution in [0, 0.1) is 17.2 Å². The summed E-state index contributed by atoms with van der Waals surface area (Å²) < 4.78 is 12.5. The summed E-state index contributed by atoms with van der Waals surface area (Å²) in [5.41, 5.74) is -1.03. The summed E-state index contributed by atoms with van der Waals surface area (Å²) >= 11 is 0. The molecular weight excluding hydrogens is 105 g/mol. The number of nitriles is 1. The molecule has 0 spiro atoms. The number of halogens is 1. The lowest BCUT2D eigenvalue weighted by molar-refractivity contribution is 0.0512. The largest absolute Gasteiger partial charge is 0.244 e. The predicted octanol–water partition coefficient (Wildman–Crippen LogP) is 1.65. The van der Waals surface area contributed by atoms with Crippen molar-refractivity contribution in [3.8, 4) is 6.07 Å². The van der Waals surface area contributed by atoms with E-state index < -0.39 is 5.67 Å². The topological polar surface area (TPSA) is 23.8 Å². The molecule has 1 saturated carbocycles. The van der Waals surface area contributed by atoms with Crippen LogP contribution < -0.4 is 0 Å². The zero-order valence-electron chi connectivity index (χ0n) is 4.82. The molecule has 2 heteroatoms. The molecule has 1 rings (SSSR count). The van der Waals surface area contributed by atoms with Crippen LogP contribution in [0.15, 0.2) is 0 Å². The van der Waals surface area contributed by atoms with Crippen LogP contribution in [0.25, 0.3) is 0 Å². The van der Waals surface area contributed by atoms with Gasteiger partial charge in [0.25, 0.3) is 0 Å². The van der Waals surface area contributed by atoms with Crippen LogP contribution in [0.3, 0.4) is 0 Å². The van der Waals surface area contributed by atoms with Gasteiger partial charge >= 0.3 is 0 Å². The van der Waals surface area contributed by atoms with E-state index >= 15 is 0 Å². The van der Waals surface area contributed by atoms with Crippen molar-refractivity contribution in [3.63, 3.8) is 0 Å². The van der Waals surface area contributed by atoms with E-state index in [4.69, 9.17) is 5.26 Å². The lowest BCUT2D eigenvalue weighted by Gasteiger charge is -2.33. The highest BCUT2D eigenvalue weighted by Gasteiger charge is 2.40. The Morgan fingerprint density at radius 1 is 1.75 bits per heavy atom. The number of hydrogen-bond acceptors (Lipinski definition) is 1. The lowest BCUT2D eigenvalue weighted by Crippen LogP contribution is -2.35. The van der Waals surface area contributed by atoms with Crippen LogP contribution >= 0.6 is 0 Å². The Morgan fingerprint density at radius 3 is 2.38 bits per heavy atom. The molecule has 8 heavy (non-hydrogen) atoms. The standard InChI is InChI=1S/C6H8FN/c1-6(7)2-5(3-6)4-8/h5H,2-3H2,1H3. The smallest absolute Gasteiger partial charge is 0.110 e. The average Bonchev–Trinajstić information content (AvgIpc) is 1.60. The third-order valence-electron chi connectivity index (χ3n) is 1.53. The molecule has 0 aromatic heterocycles. The van der Waals surface area contributed by atoms with Crippen molar-refractivity contribution in [2.24, 2.45) is 5.92 Å². The van der Waals surface area contributed by atoms with E-state index in [0.29, 0.717) is 12.8 Å². The molecule has 0 saturated heterocycles. The van der Waals surface area contributed by atoms with Gasteiger partial charge in [-0.05, 0) is 19.8 Å². The van der Waals surface area contributed by atoms with Gasteiger partial charge in [0.1, 0.15) is 5.67 Å². The van der Waals surface area contributed by atoms with Gasteiger partial charge in [0, 0.05) is 0 Å². The van der Waals surface area contributed by atoms with Gasteiger partial charge in [-0.15, -0.1) is 0 Å². The molecule has 0 unspecified atom stereocenters. The first-order valence-electron chi connectivity index (χ1n) is 2.72. The monoisotopic (exact) mass is 113 g/mol. The SMILES string of the molecule is CC1(F)CC(C#N)C1. The first kappa shape index (κ1) is 5.55. The Kier molecular flexibility index (Phi) is 1.00. The van der Waals surface area contributed by atoms with Crippen LogP contribution in [-0.2, 0) is 0 Å². The van der Waals surface area contributed by atoms with Crippen molar-refractivity contribution in [1.82, 2.24) is 0 Å². The highest BCUT2D eigenvalue weighted by atomic mass is 19.1. The van der Waals surface area contributed by atoms with Crippen LogP contribution in [0.1, 0.15) is 19.8 Å². The van der Waals surface area contributed by atoms with E-state index in [-0.39, 0.29) is 5.92 Å². The van der Waals surface area contributed by atoms with Gasteiger partial charge in [-0.3, -0.25) is 0 Å². The highest BCUT2D eigenvalue weighted by molar-refractivity contribution is 5.01. The summed E-state index contributed by atoms with van der Waals surface area (Å²) in [6, 6.07) is 2.02. The van der Waals surface area contributed by atoms with E-state index in [9.17, 15) is 4.39 Å². The number of nitrogens with zero attached hydrogens (tertiary/aromatic N) is 1. The Hall–Kier alpha value is -0.580. The molecule has 0 N–H and O–H groups in total. The van der Waals surface area contributed by atoms with Crippen molar-refractivity contribution in [2.75, 3.05) is 0 Å². The van der Waals surface area contributed by atoms with Crippen molar-refractivity contribution in [1.29, 1.82) is 5.26 Å². The summed E-state index contributed by atoms with van der Waals surface area (Å²) in [4.78, 5) is 0. The molecule has 0 radical (unpaired) electrons. The summed E-state index contributed by atoms with van der Waals surface area (Å²) in [5, 5.41) is 8.20. The maximum atomic E-state index is 12.5. The third kappa shape index (κ3) is 0.812. The van der Waals surface area contributed by atoms with Gasteiger partial charge in [0.05, 0.1) is 12.0 Å². The quantitative estimate of drug-likeness (QED) is 0.468. The van der Waals surface area contributed by atoms with Crippen molar-refractivity contribution in [2.45, 2.75) is 25.4 Å². The Labute approximate surface area is 48.1 Å². The molecule has 1 aliphatic carbocycles. The van der Waals surface area contributed by atoms with E-state index in [0.717, 1.165) is 0 Å². The summed E-state index contributed by atoms with van der Waals surface area (Å²) in [6.45, 7) is 1.54. The molecule has 1 fully saturated rings. The molecule has 0 atom stereocenters. The summed E-state index contributed by atoms with van der Waals surface area (Å²) in [6.07, 6.45) is 0.868. The molecule has 1 aliphatic rings. The van der Waals surface area contributed by atoms with Gasteiger partial charge in [0.15, 0.2) is 0 Å². The molecule has 0 bridgehead atoms. The molecule has 0 aromatic carbocycles. The molecule has 44 valence electrons. The second kappa shape index (κ2) is 1.45. The first-order chi connectivity index (χ1) is 3.64. The maximum Gasteiger partial charge on any atom is 0.110 e. The highest BCUT2D eigenvalue weighted by Crippen LogP contribution is 2.39. The van der Waals surface area contributed by atoms with E-state index in [1.807, 2.05) is 6.07 Å². The summed E-state index contributed by atoms with van der Waals surface area (Å²) in [5.74, 6) is -0.00926. The minimum atomic E-state index is -1.03. The molecule has 0 heterocycles. The summed E-state index contributed by atoms with van der Waals surface area (Å²) in [7, 11) is 0. The molecule has 0 aromatic rings. The van der Waals surface area contributed by atoms with Crippen LogP contribution in [-0.4, -0.2) is 5.67 Å².